The van der Waals surface area contributed by atoms with E-state index in [4.69, 9.17) is 0 Å². The fraction of sp³-hybridized carbons (Fsp3) is 0.444. The smallest absolute Gasteiger partial charge is 0.0621 e. The number of pyridine rings is 1. The minimum atomic E-state index is 0.566. The second-order valence-corrected chi connectivity index (χ2v) is 3.33. The number of nitrogens with one attached hydrogen (secondary N) is 1. The minimum absolute atomic E-state index is 0.566. The van der Waals surface area contributed by atoms with Crippen molar-refractivity contribution in [3.05, 3.63) is 29.6 Å². The number of hydrogen-bond acceptors (Lipinski definition) is 2. The van der Waals surface area contributed by atoms with Crippen molar-refractivity contribution in [3.8, 4) is 0 Å². The van der Waals surface area contributed by atoms with Crippen molar-refractivity contribution in [2.24, 2.45) is 0 Å². The molecule has 0 aliphatic carbocycles. The number of rotatable bonds is 0. The van der Waals surface area contributed by atoms with Crippen LogP contribution in [0.15, 0.2) is 18.3 Å². The van der Waals surface area contributed by atoms with Gasteiger partial charge in [-0.3, -0.25) is 4.98 Å². The number of hydrogen-bond donors (Lipinski definition) is 1. The Labute approximate surface area is 65.6 Å². The molecule has 1 aromatic rings. The summed E-state index contributed by atoms with van der Waals surface area (Å²) in [6, 6.07) is 5.40. The van der Waals surface area contributed by atoms with Crippen molar-refractivity contribution in [1.82, 2.24) is 10.3 Å². The maximum Gasteiger partial charge on any atom is 0.0621 e. The number of nitrogens with zero attached hydrogens (tertiary/aromatic N) is 1. The Hall–Kier alpha value is -0.890. The molecule has 56 valence electrons. The van der Waals surface area contributed by atoms with E-state index in [1.807, 2.05) is 12.3 Å². The molecule has 0 saturated carbocycles. The fourth-order valence-electron chi connectivity index (χ4n) is 2.22. The van der Waals surface area contributed by atoms with Gasteiger partial charge in [-0.05, 0) is 24.5 Å². The van der Waals surface area contributed by atoms with Gasteiger partial charge in [-0.15, -0.1) is 0 Å². The van der Waals surface area contributed by atoms with Gasteiger partial charge in [0.25, 0.3) is 0 Å². The van der Waals surface area contributed by atoms with Gasteiger partial charge >= 0.3 is 0 Å². The summed E-state index contributed by atoms with van der Waals surface area (Å²) in [5.74, 6) is 0. The summed E-state index contributed by atoms with van der Waals surface area (Å²) in [5, 5.41) is 3.53. The summed E-state index contributed by atoms with van der Waals surface area (Å²) in [4.78, 5) is 4.38. The third-order valence-electron chi connectivity index (χ3n) is 2.72. The number of aromatic nitrogens is 1. The van der Waals surface area contributed by atoms with Crippen LogP contribution in [0.2, 0.25) is 0 Å². The maximum absolute atomic E-state index is 4.38. The number of fused-ring (bicyclic) bond motifs is 5. The molecular formula is C9H10N2. The van der Waals surface area contributed by atoms with Gasteiger partial charge in [0, 0.05) is 12.2 Å². The summed E-state index contributed by atoms with van der Waals surface area (Å²) in [5.41, 5.74) is 2.73. The van der Waals surface area contributed by atoms with E-state index >= 15 is 0 Å². The van der Waals surface area contributed by atoms with Crippen LogP contribution in [0.3, 0.4) is 0 Å². The Morgan fingerprint density at radius 3 is 3.18 bits per heavy atom. The Balaban J connectivity index is 2.23. The molecule has 2 aliphatic heterocycles. The Morgan fingerprint density at radius 1 is 1.36 bits per heavy atom. The average Bonchev–Trinajstić information content (AvgIpc) is 2.64. The van der Waals surface area contributed by atoms with Crippen molar-refractivity contribution in [2.45, 2.75) is 24.9 Å². The van der Waals surface area contributed by atoms with Crippen molar-refractivity contribution >= 4 is 0 Å². The van der Waals surface area contributed by atoms with E-state index in [1.54, 1.807) is 0 Å². The first-order valence-corrected chi connectivity index (χ1v) is 4.16. The van der Waals surface area contributed by atoms with Gasteiger partial charge in [-0.1, -0.05) is 6.07 Å². The highest BCUT2D eigenvalue weighted by Gasteiger charge is 2.36. The monoisotopic (exact) mass is 146 g/mol. The molecule has 0 amide bonds. The van der Waals surface area contributed by atoms with Crippen molar-refractivity contribution in [3.63, 3.8) is 0 Å². The van der Waals surface area contributed by atoms with Crippen molar-refractivity contribution in [1.29, 1.82) is 0 Å². The third-order valence-corrected chi connectivity index (χ3v) is 2.72. The van der Waals surface area contributed by atoms with Crippen LogP contribution in [0.25, 0.3) is 0 Å². The van der Waals surface area contributed by atoms with Gasteiger partial charge < -0.3 is 5.32 Å². The molecule has 1 aromatic heterocycles. The molecule has 2 nitrogen and oxygen atoms in total. The molecule has 2 bridgehead atoms. The Bertz CT molecular complexity index is 266. The van der Waals surface area contributed by atoms with Gasteiger partial charge in [0.1, 0.15) is 0 Å². The molecule has 2 heteroatoms. The van der Waals surface area contributed by atoms with Crippen LogP contribution >= 0.6 is 0 Å². The zero-order valence-electron chi connectivity index (χ0n) is 6.25. The lowest BCUT2D eigenvalue weighted by Crippen LogP contribution is -2.06. The molecule has 3 rings (SSSR count). The second-order valence-electron chi connectivity index (χ2n) is 3.33. The normalized spacial score (nSPS) is 32.4. The zero-order valence-corrected chi connectivity index (χ0v) is 6.25. The van der Waals surface area contributed by atoms with Crippen LogP contribution in [0, 0.1) is 0 Å². The molecule has 2 atom stereocenters. The van der Waals surface area contributed by atoms with Crippen LogP contribution in [-0.2, 0) is 0 Å². The Kier molecular flexibility index (Phi) is 0.950. The summed E-state index contributed by atoms with van der Waals surface area (Å²) in [6.07, 6.45) is 4.46. The molecule has 1 fully saturated rings. The molecule has 0 spiro atoms. The van der Waals surface area contributed by atoms with E-state index in [1.165, 1.54) is 24.1 Å². The van der Waals surface area contributed by atoms with Crippen LogP contribution < -0.4 is 5.32 Å². The SMILES string of the molecule is c1cnc2c(c1)[C@@H]1CC[C@H]2N1. The first-order chi connectivity index (χ1) is 5.45. The second kappa shape index (κ2) is 1.83. The lowest BCUT2D eigenvalue weighted by atomic mass is 9.96. The molecular weight excluding hydrogens is 136 g/mol. The molecule has 2 aliphatic rings. The standard InChI is InChI=1S/C9H10N2/c1-2-6-7-3-4-8(11-7)9(6)10-5-1/h1-2,5,7-8,11H,3-4H2/t7-,8+/m0/s1. The molecule has 3 heterocycles. The highest BCUT2D eigenvalue weighted by atomic mass is 15.0. The zero-order chi connectivity index (χ0) is 7.26. The van der Waals surface area contributed by atoms with Crippen LogP contribution in [-0.4, -0.2) is 4.98 Å². The van der Waals surface area contributed by atoms with E-state index in [9.17, 15) is 0 Å². The highest BCUT2D eigenvalue weighted by Crippen LogP contribution is 2.43. The van der Waals surface area contributed by atoms with Crippen LogP contribution in [0.5, 0.6) is 0 Å². The quantitative estimate of drug-likeness (QED) is 0.600. The predicted molar refractivity (Wildman–Crippen MR) is 42.1 cm³/mol. The highest BCUT2D eigenvalue weighted by molar-refractivity contribution is 5.34. The van der Waals surface area contributed by atoms with Gasteiger partial charge in [-0.25, -0.2) is 0 Å². The first kappa shape index (κ1) is 5.72. The van der Waals surface area contributed by atoms with E-state index in [-0.39, 0.29) is 0 Å². The van der Waals surface area contributed by atoms with Gasteiger partial charge in [0.15, 0.2) is 0 Å². The summed E-state index contributed by atoms with van der Waals surface area (Å²) in [6.45, 7) is 0. The molecule has 11 heavy (non-hydrogen) atoms. The molecule has 0 aromatic carbocycles. The van der Waals surface area contributed by atoms with E-state index in [0.717, 1.165) is 0 Å². The fourth-order valence-corrected chi connectivity index (χ4v) is 2.22. The lowest BCUT2D eigenvalue weighted by Gasteiger charge is -2.09. The summed E-state index contributed by atoms with van der Waals surface area (Å²) >= 11 is 0. The van der Waals surface area contributed by atoms with E-state index in [2.05, 4.69) is 16.4 Å². The van der Waals surface area contributed by atoms with Gasteiger partial charge in [0.05, 0.1) is 11.7 Å². The minimum Gasteiger partial charge on any atom is -0.302 e. The summed E-state index contributed by atoms with van der Waals surface area (Å²) in [7, 11) is 0. The lowest BCUT2D eigenvalue weighted by molar-refractivity contribution is 0.632. The first-order valence-electron chi connectivity index (χ1n) is 4.16. The third kappa shape index (κ3) is 0.627. The van der Waals surface area contributed by atoms with Gasteiger partial charge in [0.2, 0.25) is 0 Å². The van der Waals surface area contributed by atoms with E-state index in [0.29, 0.717) is 12.1 Å². The maximum atomic E-state index is 4.38. The molecule has 0 unspecified atom stereocenters. The average molecular weight is 146 g/mol. The van der Waals surface area contributed by atoms with Crippen molar-refractivity contribution < 1.29 is 0 Å². The predicted octanol–water partition coefficient (Wildman–Crippen LogP) is 1.56. The van der Waals surface area contributed by atoms with Crippen LogP contribution in [0.1, 0.15) is 36.2 Å². The van der Waals surface area contributed by atoms with Crippen molar-refractivity contribution in [2.75, 3.05) is 0 Å². The van der Waals surface area contributed by atoms with Gasteiger partial charge in [-0.2, -0.15) is 0 Å². The van der Waals surface area contributed by atoms with Crippen LogP contribution in [0.4, 0.5) is 0 Å². The topological polar surface area (TPSA) is 24.9 Å². The Morgan fingerprint density at radius 2 is 2.27 bits per heavy atom. The van der Waals surface area contributed by atoms with E-state index < -0.39 is 0 Å². The largest absolute Gasteiger partial charge is 0.302 e. The molecule has 1 saturated heterocycles. The molecule has 0 radical (unpaired) electrons. The summed E-state index contributed by atoms with van der Waals surface area (Å²) < 4.78 is 0. The molecule has 1 N–H and O–H groups in total.